The van der Waals surface area contributed by atoms with E-state index < -0.39 is 0 Å². The number of benzene rings is 1. The Balaban J connectivity index is 2.23. The Bertz CT molecular complexity index is 684. The summed E-state index contributed by atoms with van der Waals surface area (Å²) in [5.41, 5.74) is 5.23. The lowest BCUT2D eigenvalue weighted by Gasteiger charge is -2.13. The molecule has 1 aromatic heterocycles. The Hall–Kier alpha value is -2.10. The maximum absolute atomic E-state index is 12.4. The van der Waals surface area contributed by atoms with Crippen LogP contribution in [0.3, 0.4) is 0 Å². The highest BCUT2D eigenvalue weighted by molar-refractivity contribution is 5.93. The van der Waals surface area contributed by atoms with Crippen molar-refractivity contribution in [3.8, 4) is 0 Å². The van der Waals surface area contributed by atoms with Crippen LogP contribution < -0.4 is 5.32 Å². The minimum atomic E-state index is 0.0634. The Morgan fingerprint density at radius 3 is 2.43 bits per heavy atom. The van der Waals surface area contributed by atoms with Crippen LogP contribution in [0.4, 0.5) is 5.69 Å². The van der Waals surface area contributed by atoms with E-state index in [2.05, 4.69) is 43.3 Å². The molecule has 0 aliphatic rings. The first-order chi connectivity index (χ1) is 11.0. The fraction of sp³-hybridized carbons (Fsp3) is 0.474. The van der Waals surface area contributed by atoms with Gasteiger partial charge < -0.3 is 5.32 Å². The number of hydrogen-bond donors (Lipinski definition) is 1. The molecule has 2 aromatic rings. The average Bonchev–Trinajstić information content (AvgIpc) is 2.78. The standard InChI is InChI=1S/C19H27N3O/c1-6-16(7-2)19(23)20-18-14(4)21-22(15(18)5)12-17-11-9-8-10-13(17)3/h8-11,16H,6-7,12H2,1-5H3,(H,20,23). The number of aromatic nitrogens is 2. The van der Waals surface area contributed by atoms with E-state index in [1.807, 2.05) is 30.7 Å². The van der Waals surface area contributed by atoms with Crippen molar-refractivity contribution in [2.75, 3.05) is 5.32 Å². The maximum atomic E-state index is 12.4. The summed E-state index contributed by atoms with van der Waals surface area (Å²) >= 11 is 0. The van der Waals surface area contributed by atoms with E-state index in [1.54, 1.807) is 0 Å². The molecular formula is C19H27N3O. The first-order valence-electron chi connectivity index (χ1n) is 8.37. The predicted molar refractivity (Wildman–Crippen MR) is 94.7 cm³/mol. The van der Waals surface area contributed by atoms with Crippen LogP contribution in [-0.4, -0.2) is 15.7 Å². The highest BCUT2D eigenvalue weighted by Gasteiger charge is 2.19. The van der Waals surface area contributed by atoms with Crippen molar-refractivity contribution in [3.63, 3.8) is 0 Å². The minimum Gasteiger partial charge on any atom is -0.323 e. The van der Waals surface area contributed by atoms with Crippen LogP contribution in [0, 0.1) is 26.7 Å². The molecule has 0 radical (unpaired) electrons. The van der Waals surface area contributed by atoms with E-state index in [-0.39, 0.29) is 11.8 Å². The van der Waals surface area contributed by atoms with E-state index in [0.717, 1.165) is 36.5 Å². The molecule has 2 rings (SSSR count). The van der Waals surface area contributed by atoms with E-state index in [0.29, 0.717) is 0 Å². The van der Waals surface area contributed by atoms with Gasteiger partial charge in [-0.25, -0.2) is 0 Å². The molecule has 0 spiro atoms. The predicted octanol–water partition coefficient (Wildman–Crippen LogP) is 4.23. The van der Waals surface area contributed by atoms with Gasteiger partial charge in [0.25, 0.3) is 0 Å². The van der Waals surface area contributed by atoms with Gasteiger partial charge in [-0.05, 0) is 44.7 Å². The molecule has 0 saturated heterocycles. The Kier molecular flexibility index (Phi) is 5.59. The topological polar surface area (TPSA) is 46.9 Å². The molecule has 0 unspecified atom stereocenters. The highest BCUT2D eigenvalue weighted by atomic mass is 16.1. The molecule has 23 heavy (non-hydrogen) atoms. The highest BCUT2D eigenvalue weighted by Crippen LogP contribution is 2.22. The van der Waals surface area contributed by atoms with E-state index >= 15 is 0 Å². The van der Waals surface area contributed by atoms with E-state index in [9.17, 15) is 4.79 Å². The van der Waals surface area contributed by atoms with Crippen molar-refractivity contribution < 1.29 is 4.79 Å². The summed E-state index contributed by atoms with van der Waals surface area (Å²) in [5, 5.41) is 7.69. The molecule has 1 N–H and O–H groups in total. The maximum Gasteiger partial charge on any atom is 0.227 e. The zero-order valence-corrected chi connectivity index (χ0v) is 14.8. The third-order valence-corrected chi connectivity index (χ3v) is 4.57. The Labute approximate surface area is 138 Å². The third kappa shape index (κ3) is 3.81. The second-order valence-electron chi connectivity index (χ2n) is 6.13. The summed E-state index contributed by atoms with van der Waals surface area (Å²) in [6.07, 6.45) is 1.72. The van der Waals surface area contributed by atoms with Gasteiger partial charge in [-0.15, -0.1) is 0 Å². The molecule has 0 aliphatic heterocycles. The second-order valence-corrected chi connectivity index (χ2v) is 6.13. The van der Waals surface area contributed by atoms with Crippen molar-refractivity contribution in [2.24, 2.45) is 5.92 Å². The Morgan fingerprint density at radius 2 is 1.83 bits per heavy atom. The normalized spacial score (nSPS) is 11.0. The van der Waals surface area contributed by atoms with Crippen LogP contribution >= 0.6 is 0 Å². The lowest BCUT2D eigenvalue weighted by atomic mass is 10.0. The first kappa shape index (κ1) is 17.3. The van der Waals surface area contributed by atoms with Crippen LogP contribution in [0.15, 0.2) is 24.3 Å². The lowest BCUT2D eigenvalue weighted by molar-refractivity contribution is -0.120. The smallest absolute Gasteiger partial charge is 0.227 e. The molecule has 0 fully saturated rings. The van der Waals surface area contributed by atoms with Gasteiger partial charge >= 0.3 is 0 Å². The van der Waals surface area contributed by atoms with Crippen molar-refractivity contribution in [2.45, 2.75) is 54.0 Å². The number of carbonyl (C=O) groups is 1. The molecule has 1 heterocycles. The molecule has 1 aromatic carbocycles. The first-order valence-corrected chi connectivity index (χ1v) is 8.37. The van der Waals surface area contributed by atoms with Gasteiger partial charge in [0.2, 0.25) is 5.91 Å². The SMILES string of the molecule is CCC(CC)C(=O)Nc1c(C)nn(Cc2ccccc2C)c1C. The van der Waals surface area contributed by atoms with Crippen LogP contribution in [0.2, 0.25) is 0 Å². The molecule has 124 valence electrons. The summed E-state index contributed by atoms with van der Waals surface area (Å²) in [5.74, 6) is 0.158. The van der Waals surface area contributed by atoms with Crippen LogP contribution in [0.25, 0.3) is 0 Å². The number of aryl methyl sites for hydroxylation is 2. The monoisotopic (exact) mass is 313 g/mol. The molecular weight excluding hydrogens is 286 g/mol. The van der Waals surface area contributed by atoms with Crippen molar-refractivity contribution in [1.82, 2.24) is 9.78 Å². The number of nitrogens with one attached hydrogen (secondary N) is 1. The number of hydrogen-bond acceptors (Lipinski definition) is 2. The fourth-order valence-corrected chi connectivity index (χ4v) is 2.87. The van der Waals surface area contributed by atoms with Gasteiger partial charge in [0, 0.05) is 5.92 Å². The van der Waals surface area contributed by atoms with Gasteiger partial charge in [-0.2, -0.15) is 5.10 Å². The summed E-state index contributed by atoms with van der Waals surface area (Å²) in [6, 6.07) is 8.32. The van der Waals surface area contributed by atoms with Crippen molar-refractivity contribution in [1.29, 1.82) is 0 Å². The number of anilines is 1. The van der Waals surface area contributed by atoms with E-state index in [4.69, 9.17) is 0 Å². The molecule has 0 bridgehead atoms. The summed E-state index contributed by atoms with van der Waals surface area (Å²) in [6.45, 7) is 10.9. The van der Waals surface area contributed by atoms with Crippen LogP contribution in [-0.2, 0) is 11.3 Å². The average molecular weight is 313 g/mol. The van der Waals surface area contributed by atoms with Gasteiger partial charge in [0.15, 0.2) is 0 Å². The van der Waals surface area contributed by atoms with Gasteiger partial charge in [0.05, 0.1) is 23.6 Å². The van der Waals surface area contributed by atoms with Crippen molar-refractivity contribution in [3.05, 3.63) is 46.8 Å². The Morgan fingerprint density at radius 1 is 1.17 bits per heavy atom. The zero-order chi connectivity index (χ0) is 17.0. The quantitative estimate of drug-likeness (QED) is 0.867. The van der Waals surface area contributed by atoms with Crippen LogP contribution in [0.5, 0.6) is 0 Å². The van der Waals surface area contributed by atoms with E-state index in [1.165, 1.54) is 11.1 Å². The van der Waals surface area contributed by atoms with Gasteiger partial charge in [0.1, 0.15) is 0 Å². The minimum absolute atomic E-state index is 0.0634. The van der Waals surface area contributed by atoms with Gasteiger partial charge in [-0.1, -0.05) is 38.1 Å². The lowest BCUT2D eigenvalue weighted by Crippen LogP contribution is -2.22. The molecule has 0 saturated carbocycles. The van der Waals surface area contributed by atoms with Crippen molar-refractivity contribution >= 4 is 11.6 Å². The number of nitrogens with zero attached hydrogens (tertiary/aromatic N) is 2. The summed E-state index contributed by atoms with van der Waals surface area (Å²) in [7, 11) is 0. The zero-order valence-electron chi connectivity index (χ0n) is 14.8. The molecule has 4 heteroatoms. The molecule has 0 atom stereocenters. The van der Waals surface area contributed by atoms with Gasteiger partial charge in [-0.3, -0.25) is 9.48 Å². The summed E-state index contributed by atoms with van der Waals surface area (Å²) < 4.78 is 1.97. The second kappa shape index (κ2) is 7.44. The third-order valence-electron chi connectivity index (χ3n) is 4.57. The molecule has 4 nitrogen and oxygen atoms in total. The summed E-state index contributed by atoms with van der Waals surface area (Å²) in [4.78, 5) is 12.4. The molecule has 1 amide bonds. The number of amides is 1. The van der Waals surface area contributed by atoms with Crippen LogP contribution in [0.1, 0.15) is 49.2 Å². The molecule has 0 aliphatic carbocycles. The number of rotatable bonds is 6. The fourth-order valence-electron chi connectivity index (χ4n) is 2.87. The number of carbonyl (C=O) groups excluding carboxylic acids is 1. The largest absolute Gasteiger partial charge is 0.323 e.